The standard InChI is InChI=1S/C10H16O3/c1-6-3-10(2)8(7(6)4-11)5-13-9(10)12/h6-8,11H,3-5H2,1-2H3. The smallest absolute Gasteiger partial charge is 0.312 e. The highest BCUT2D eigenvalue weighted by molar-refractivity contribution is 5.79. The van der Waals surface area contributed by atoms with Gasteiger partial charge in [-0.25, -0.2) is 0 Å². The number of fused-ring (bicyclic) bond motifs is 1. The van der Waals surface area contributed by atoms with Crippen LogP contribution in [0, 0.1) is 23.2 Å². The Morgan fingerprint density at radius 2 is 2.38 bits per heavy atom. The number of hydrogen-bond acceptors (Lipinski definition) is 3. The molecule has 0 bridgehead atoms. The van der Waals surface area contributed by atoms with Gasteiger partial charge in [-0.15, -0.1) is 0 Å². The molecule has 0 spiro atoms. The van der Waals surface area contributed by atoms with Gasteiger partial charge in [0.05, 0.1) is 12.0 Å². The molecule has 2 aliphatic rings. The van der Waals surface area contributed by atoms with Crippen LogP contribution in [0.3, 0.4) is 0 Å². The van der Waals surface area contributed by atoms with Crippen LogP contribution in [0.15, 0.2) is 0 Å². The molecule has 0 radical (unpaired) electrons. The van der Waals surface area contributed by atoms with E-state index < -0.39 is 0 Å². The lowest BCUT2D eigenvalue weighted by Gasteiger charge is -2.20. The average Bonchev–Trinajstić information content (AvgIpc) is 2.47. The Hall–Kier alpha value is -0.570. The minimum Gasteiger partial charge on any atom is -0.465 e. The van der Waals surface area contributed by atoms with Crippen molar-refractivity contribution in [2.45, 2.75) is 20.3 Å². The van der Waals surface area contributed by atoms with Crippen molar-refractivity contribution in [3.05, 3.63) is 0 Å². The number of ether oxygens (including phenoxy) is 1. The predicted molar refractivity (Wildman–Crippen MR) is 46.9 cm³/mol. The molecule has 1 heterocycles. The maximum atomic E-state index is 11.5. The molecule has 2 fully saturated rings. The van der Waals surface area contributed by atoms with Gasteiger partial charge in [-0.2, -0.15) is 0 Å². The molecule has 1 aliphatic heterocycles. The number of esters is 1. The first-order valence-electron chi connectivity index (χ1n) is 4.87. The Morgan fingerprint density at radius 1 is 1.69 bits per heavy atom. The fourth-order valence-corrected chi connectivity index (χ4v) is 3.02. The fraction of sp³-hybridized carbons (Fsp3) is 0.900. The molecule has 0 aromatic carbocycles. The molecule has 0 amide bonds. The molecule has 2 rings (SSSR count). The summed E-state index contributed by atoms with van der Waals surface area (Å²) >= 11 is 0. The molecule has 1 aliphatic carbocycles. The number of rotatable bonds is 1. The van der Waals surface area contributed by atoms with E-state index in [0.717, 1.165) is 6.42 Å². The van der Waals surface area contributed by atoms with E-state index in [0.29, 0.717) is 12.5 Å². The van der Waals surface area contributed by atoms with Gasteiger partial charge in [0.1, 0.15) is 0 Å². The van der Waals surface area contributed by atoms with E-state index in [2.05, 4.69) is 6.92 Å². The van der Waals surface area contributed by atoms with E-state index in [1.807, 2.05) is 6.92 Å². The maximum absolute atomic E-state index is 11.5. The fourth-order valence-electron chi connectivity index (χ4n) is 3.02. The van der Waals surface area contributed by atoms with Crippen LogP contribution >= 0.6 is 0 Å². The second-order valence-electron chi connectivity index (χ2n) is 4.65. The Labute approximate surface area is 78.1 Å². The van der Waals surface area contributed by atoms with Crippen molar-refractivity contribution in [2.24, 2.45) is 23.2 Å². The molecule has 1 N–H and O–H groups in total. The average molecular weight is 184 g/mol. The van der Waals surface area contributed by atoms with Gasteiger partial charge in [0, 0.05) is 12.5 Å². The topological polar surface area (TPSA) is 46.5 Å². The number of aliphatic hydroxyl groups is 1. The molecular formula is C10H16O3. The first kappa shape index (κ1) is 9.00. The molecular weight excluding hydrogens is 168 g/mol. The molecule has 1 saturated carbocycles. The van der Waals surface area contributed by atoms with Crippen molar-refractivity contribution in [1.29, 1.82) is 0 Å². The number of carbonyl (C=O) groups is 1. The first-order chi connectivity index (χ1) is 6.09. The van der Waals surface area contributed by atoms with Crippen molar-refractivity contribution in [2.75, 3.05) is 13.2 Å². The van der Waals surface area contributed by atoms with Crippen molar-refractivity contribution >= 4 is 5.97 Å². The summed E-state index contributed by atoms with van der Waals surface area (Å²) < 4.78 is 5.05. The maximum Gasteiger partial charge on any atom is 0.312 e. The van der Waals surface area contributed by atoms with E-state index in [9.17, 15) is 9.90 Å². The zero-order chi connectivity index (χ0) is 9.64. The lowest BCUT2D eigenvalue weighted by Crippen LogP contribution is -2.27. The van der Waals surface area contributed by atoms with Crippen LogP contribution < -0.4 is 0 Å². The third-order valence-corrected chi connectivity index (χ3v) is 3.88. The molecule has 1 saturated heterocycles. The largest absolute Gasteiger partial charge is 0.465 e. The van der Waals surface area contributed by atoms with Crippen LogP contribution in [0.5, 0.6) is 0 Å². The Morgan fingerprint density at radius 3 is 3.00 bits per heavy atom. The summed E-state index contributed by atoms with van der Waals surface area (Å²) in [7, 11) is 0. The highest BCUT2D eigenvalue weighted by Crippen LogP contribution is 2.53. The zero-order valence-corrected chi connectivity index (χ0v) is 8.12. The van der Waals surface area contributed by atoms with E-state index in [-0.39, 0.29) is 29.8 Å². The van der Waals surface area contributed by atoms with Crippen LogP contribution in [0.2, 0.25) is 0 Å². The third kappa shape index (κ3) is 1.03. The van der Waals surface area contributed by atoms with E-state index in [4.69, 9.17) is 4.74 Å². The number of hydrogen-bond donors (Lipinski definition) is 1. The third-order valence-electron chi connectivity index (χ3n) is 3.88. The molecule has 3 heteroatoms. The van der Waals surface area contributed by atoms with Gasteiger partial charge in [0.2, 0.25) is 0 Å². The Kier molecular flexibility index (Phi) is 1.88. The Balaban J connectivity index is 2.28. The first-order valence-corrected chi connectivity index (χ1v) is 4.87. The number of cyclic esters (lactones) is 1. The quantitative estimate of drug-likeness (QED) is 0.613. The summed E-state index contributed by atoms with van der Waals surface area (Å²) in [6.07, 6.45) is 0.863. The van der Waals surface area contributed by atoms with Gasteiger partial charge < -0.3 is 9.84 Å². The van der Waals surface area contributed by atoms with Gasteiger partial charge >= 0.3 is 5.97 Å². The van der Waals surface area contributed by atoms with Crippen LogP contribution in [0.1, 0.15) is 20.3 Å². The van der Waals surface area contributed by atoms with Crippen LogP contribution in [-0.2, 0) is 9.53 Å². The second kappa shape index (κ2) is 2.71. The van der Waals surface area contributed by atoms with Crippen molar-refractivity contribution in [3.63, 3.8) is 0 Å². The SMILES string of the molecule is CC1CC2(C)C(=O)OCC2C1CO. The second-order valence-corrected chi connectivity index (χ2v) is 4.65. The number of aliphatic hydroxyl groups excluding tert-OH is 1. The van der Waals surface area contributed by atoms with Crippen molar-refractivity contribution < 1.29 is 14.6 Å². The summed E-state index contributed by atoms with van der Waals surface area (Å²) in [4.78, 5) is 11.5. The molecule has 4 unspecified atom stereocenters. The molecule has 74 valence electrons. The highest BCUT2D eigenvalue weighted by Gasteiger charge is 2.58. The molecule has 4 atom stereocenters. The number of carbonyl (C=O) groups excluding carboxylic acids is 1. The minimum atomic E-state index is -0.313. The lowest BCUT2D eigenvalue weighted by atomic mass is 9.80. The molecule has 13 heavy (non-hydrogen) atoms. The van der Waals surface area contributed by atoms with Crippen molar-refractivity contribution in [3.8, 4) is 0 Å². The van der Waals surface area contributed by atoms with Gasteiger partial charge in [-0.3, -0.25) is 4.79 Å². The predicted octanol–water partition coefficient (Wildman–Crippen LogP) is 0.814. The normalized spacial score (nSPS) is 49.2. The highest BCUT2D eigenvalue weighted by atomic mass is 16.5. The van der Waals surface area contributed by atoms with E-state index in [1.165, 1.54) is 0 Å². The molecule has 0 aromatic rings. The summed E-state index contributed by atoms with van der Waals surface area (Å²) in [5, 5.41) is 9.22. The summed E-state index contributed by atoms with van der Waals surface area (Å²) in [6, 6.07) is 0. The van der Waals surface area contributed by atoms with Gasteiger partial charge in [0.15, 0.2) is 0 Å². The van der Waals surface area contributed by atoms with E-state index >= 15 is 0 Å². The monoisotopic (exact) mass is 184 g/mol. The van der Waals surface area contributed by atoms with Crippen LogP contribution in [0.25, 0.3) is 0 Å². The van der Waals surface area contributed by atoms with Crippen LogP contribution in [0.4, 0.5) is 0 Å². The zero-order valence-electron chi connectivity index (χ0n) is 8.12. The summed E-state index contributed by atoms with van der Waals surface area (Å²) in [5.41, 5.74) is -0.313. The minimum absolute atomic E-state index is 0.0692. The van der Waals surface area contributed by atoms with Gasteiger partial charge in [0.25, 0.3) is 0 Å². The Bertz CT molecular complexity index is 238. The van der Waals surface area contributed by atoms with Gasteiger partial charge in [-0.1, -0.05) is 6.92 Å². The lowest BCUT2D eigenvalue weighted by molar-refractivity contribution is -0.145. The van der Waals surface area contributed by atoms with Crippen molar-refractivity contribution in [1.82, 2.24) is 0 Å². The molecule has 0 aromatic heterocycles. The van der Waals surface area contributed by atoms with Gasteiger partial charge in [-0.05, 0) is 25.2 Å². The van der Waals surface area contributed by atoms with E-state index in [1.54, 1.807) is 0 Å². The van der Waals surface area contributed by atoms with Crippen LogP contribution in [-0.4, -0.2) is 24.3 Å². The summed E-state index contributed by atoms with van der Waals surface area (Å²) in [6.45, 7) is 4.76. The molecule has 3 nitrogen and oxygen atoms in total. The summed E-state index contributed by atoms with van der Waals surface area (Å²) in [5.74, 6) is 0.851.